The molecule has 0 aliphatic carbocycles. The van der Waals surface area contributed by atoms with Crippen molar-refractivity contribution in [2.24, 2.45) is 0 Å². The van der Waals surface area contributed by atoms with Crippen molar-refractivity contribution in [3.63, 3.8) is 0 Å². The average Bonchev–Trinajstić information content (AvgIpc) is 2.69. The molecule has 0 atom stereocenters. The van der Waals surface area contributed by atoms with E-state index in [1.54, 1.807) is 6.26 Å². The van der Waals surface area contributed by atoms with E-state index in [0.29, 0.717) is 0 Å². The van der Waals surface area contributed by atoms with Crippen molar-refractivity contribution in [2.45, 2.75) is 0 Å². The topological polar surface area (TPSA) is 26.0 Å². The van der Waals surface area contributed by atoms with Crippen LogP contribution in [0.15, 0.2) is 47.2 Å². The van der Waals surface area contributed by atoms with Crippen LogP contribution in [0.3, 0.4) is 0 Å². The fraction of sp³-hybridized carbons (Fsp3) is 0. The summed E-state index contributed by atoms with van der Waals surface area (Å²) in [4.78, 5) is 0. The van der Waals surface area contributed by atoms with Gasteiger partial charge in [0.2, 0.25) is 0 Å². The maximum Gasteiger partial charge on any atom is 0.124 e. The number of rotatable bonds is 2. The van der Waals surface area contributed by atoms with Gasteiger partial charge in [0, 0.05) is 6.07 Å². The summed E-state index contributed by atoms with van der Waals surface area (Å²) in [5, 5.41) is 3.77. The van der Waals surface area contributed by atoms with Crippen molar-refractivity contribution in [1.82, 2.24) is 5.16 Å². The molecule has 0 saturated heterocycles. The Bertz CT molecular complexity index is 376. The summed E-state index contributed by atoms with van der Waals surface area (Å²) in [6, 6.07) is 11.9. The molecule has 0 fully saturated rings. The van der Waals surface area contributed by atoms with E-state index in [1.165, 1.54) is 0 Å². The van der Waals surface area contributed by atoms with E-state index in [0.717, 1.165) is 11.3 Å². The number of nitrogens with zero attached hydrogens (tertiary/aromatic N) is 1. The monoisotopic (exact) mass is 171 g/mol. The lowest BCUT2D eigenvalue weighted by Gasteiger charge is -1.88. The smallest absolute Gasteiger partial charge is 0.124 e. The summed E-state index contributed by atoms with van der Waals surface area (Å²) in [6.45, 7) is 0. The molecular formula is C11H9NO. The minimum absolute atomic E-state index is 0.837. The van der Waals surface area contributed by atoms with Gasteiger partial charge in [-0.2, -0.15) is 0 Å². The van der Waals surface area contributed by atoms with Gasteiger partial charge in [-0.15, -0.1) is 0 Å². The molecule has 0 saturated carbocycles. The molecular weight excluding hydrogens is 162 g/mol. The van der Waals surface area contributed by atoms with Crippen molar-refractivity contribution in [2.75, 3.05) is 0 Å². The maximum absolute atomic E-state index is 4.70. The zero-order valence-corrected chi connectivity index (χ0v) is 7.05. The van der Waals surface area contributed by atoms with E-state index in [2.05, 4.69) is 5.16 Å². The van der Waals surface area contributed by atoms with Gasteiger partial charge >= 0.3 is 0 Å². The fourth-order valence-electron chi connectivity index (χ4n) is 1.05. The van der Waals surface area contributed by atoms with E-state index in [9.17, 15) is 0 Å². The van der Waals surface area contributed by atoms with Crippen LogP contribution in [0, 0.1) is 0 Å². The first-order chi connectivity index (χ1) is 6.45. The van der Waals surface area contributed by atoms with Crippen LogP contribution in [-0.2, 0) is 0 Å². The SMILES string of the molecule is C(=Cc1ccon1)c1ccccc1. The summed E-state index contributed by atoms with van der Waals surface area (Å²) in [7, 11) is 0. The zero-order chi connectivity index (χ0) is 8.93. The third-order valence-electron chi connectivity index (χ3n) is 1.70. The van der Waals surface area contributed by atoms with Crippen molar-refractivity contribution < 1.29 is 4.52 Å². The van der Waals surface area contributed by atoms with Crippen molar-refractivity contribution in [3.8, 4) is 0 Å². The molecule has 2 nitrogen and oxygen atoms in total. The Morgan fingerprint density at radius 1 is 1.00 bits per heavy atom. The predicted octanol–water partition coefficient (Wildman–Crippen LogP) is 2.85. The highest BCUT2D eigenvalue weighted by atomic mass is 16.5. The summed E-state index contributed by atoms with van der Waals surface area (Å²) in [5.74, 6) is 0. The van der Waals surface area contributed by atoms with E-state index >= 15 is 0 Å². The fourth-order valence-corrected chi connectivity index (χ4v) is 1.05. The molecule has 0 radical (unpaired) electrons. The molecule has 0 N–H and O–H groups in total. The Morgan fingerprint density at radius 3 is 2.54 bits per heavy atom. The molecule has 2 aromatic rings. The lowest BCUT2D eigenvalue weighted by molar-refractivity contribution is 0.418. The molecule has 0 spiro atoms. The van der Waals surface area contributed by atoms with Gasteiger partial charge in [0.25, 0.3) is 0 Å². The lowest BCUT2D eigenvalue weighted by atomic mass is 10.2. The van der Waals surface area contributed by atoms with E-state index in [1.807, 2.05) is 48.6 Å². The number of hydrogen-bond donors (Lipinski definition) is 0. The van der Waals surface area contributed by atoms with Gasteiger partial charge in [0.1, 0.15) is 12.0 Å². The molecule has 0 unspecified atom stereocenters. The molecule has 64 valence electrons. The van der Waals surface area contributed by atoms with Crippen LogP contribution in [0.25, 0.3) is 12.2 Å². The van der Waals surface area contributed by atoms with Crippen molar-refractivity contribution in [1.29, 1.82) is 0 Å². The molecule has 1 heterocycles. The van der Waals surface area contributed by atoms with Gasteiger partial charge < -0.3 is 4.52 Å². The largest absolute Gasteiger partial charge is 0.364 e. The molecule has 0 amide bonds. The van der Waals surface area contributed by atoms with E-state index < -0.39 is 0 Å². The first kappa shape index (κ1) is 7.80. The summed E-state index contributed by atoms with van der Waals surface area (Å²) in [5.41, 5.74) is 1.99. The number of hydrogen-bond acceptors (Lipinski definition) is 2. The molecule has 0 bridgehead atoms. The minimum Gasteiger partial charge on any atom is -0.364 e. The maximum atomic E-state index is 4.70. The lowest BCUT2D eigenvalue weighted by Crippen LogP contribution is -1.70. The Hall–Kier alpha value is -1.83. The first-order valence-corrected chi connectivity index (χ1v) is 4.09. The minimum atomic E-state index is 0.837. The molecule has 2 heteroatoms. The standard InChI is InChI=1S/C11H9NO/c1-2-4-10(5-3-1)6-7-11-8-9-13-12-11/h1-9H. The summed E-state index contributed by atoms with van der Waals surface area (Å²) >= 11 is 0. The highest BCUT2D eigenvalue weighted by Gasteiger charge is 1.88. The Kier molecular flexibility index (Phi) is 2.23. The van der Waals surface area contributed by atoms with Gasteiger partial charge in [0.15, 0.2) is 0 Å². The molecule has 2 rings (SSSR count). The first-order valence-electron chi connectivity index (χ1n) is 4.09. The van der Waals surface area contributed by atoms with Gasteiger partial charge in [-0.25, -0.2) is 0 Å². The van der Waals surface area contributed by atoms with Crippen LogP contribution in [0.4, 0.5) is 0 Å². The van der Waals surface area contributed by atoms with Crippen LogP contribution in [0.5, 0.6) is 0 Å². The molecule has 1 aromatic heterocycles. The molecule has 1 aromatic carbocycles. The molecule has 0 aliphatic heterocycles. The third kappa shape index (κ3) is 2.06. The van der Waals surface area contributed by atoms with Gasteiger partial charge in [-0.3, -0.25) is 0 Å². The van der Waals surface area contributed by atoms with Crippen LogP contribution in [0.1, 0.15) is 11.3 Å². The quantitative estimate of drug-likeness (QED) is 0.694. The zero-order valence-electron chi connectivity index (χ0n) is 7.05. The second-order valence-corrected chi connectivity index (χ2v) is 2.67. The van der Waals surface area contributed by atoms with Crippen molar-refractivity contribution in [3.05, 3.63) is 53.9 Å². The van der Waals surface area contributed by atoms with Crippen LogP contribution in [-0.4, -0.2) is 5.16 Å². The second kappa shape index (κ2) is 3.72. The Labute approximate surface area is 76.5 Å². The Morgan fingerprint density at radius 2 is 1.85 bits per heavy atom. The van der Waals surface area contributed by atoms with Crippen LogP contribution in [0.2, 0.25) is 0 Å². The second-order valence-electron chi connectivity index (χ2n) is 2.67. The van der Waals surface area contributed by atoms with E-state index in [-0.39, 0.29) is 0 Å². The summed E-state index contributed by atoms with van der Waals surface area (Å²) in [6.07, 6.45) is 5.47. The predicted molar refractivity (Wildman–Crippen MR) is 51.9 cm³/mol. The number of aromatic nitrogens is 1. The van der Waals surface area contributed by atoms with Crippen LogP contribution < -0.4 is 0 Å². The van der Waals surface area contributed by atoms with E-state index in [4.69, 9.17) is 4.52 Å². The molecule has 0 aliphatic rings. The average molecular weight is 171 g/mol. The van der Waals surface area contributed by atoms with Crippen molar-refractivity contribution >= 4 is 12.2 Å². The highest BCUT2D eigenvalue weighted by Crippen LogP contribution is 2.05. The van der Waals surface area contributed by atoms with Crippen LogP contribution >= 0.6 is 0 Å². The van der Waals surface area contributed by atoms with Gasteiger partial charge in [-0.1, -0.05) is 41.6 Å². The summed E-state index contributed by atoms with van der Waals surface area (Å²) < 4.78 is 4.70. The highest BCUT2D eigenvalue weighted by molar-refractivity contribution is 5.67. The van der Waals surface area contributed by atoms with Gasteiger partial charge in [-0.05, 0) is 11.6 Å². The van der Waals surface area contributed by atoms with Gasteiger partial charge in [0.05, 0.1) is 0 Å². The normalized spacial score (nSPS) is 10.8. The number of benzene rings is 1. The Balaban J connectivity index is 2.15. The molecule has 13 heavy (non-hydrogen) atoms. The third-order valence-corrected chi connectivity index (χ3v) is 1.70.